The zero-order chi connectivity index (χ0) is 42.4. The number of benzene rings is 2. The molecule has 0 aromatic heterocycles. The number of esters is 2. The highest BCUT2D eigenvalue weighted by Gasteiger charge is 2.32. The molecule has 0 saturated heterocycles. The summed E-state index contributed by atoms with van der Waals surface area (Å²) in [6, 6.07) is 14.0. The van der Waals surface area contributed by atoms with Crippen LogP contribution in [0.15, 0.2) is 36.4 Å². The lowest BCUT2D eigenvalue weighted by Gasteiger charge is -2.34. The van der Waals surface area contributed by atoms with E-state index in [0.29, 0.717) is 37.8 Å². The van der Waals surface area contributed by atoms with Crippen molar-refractivity contribution in [3.05, 3.63) is 47.5 Å². The zero-order valence-corrected chi connectivity index (χ0v) is 40.0. The molecule has 59 heavy (non-hydrogen) atoms. The topological polar surface area (TPSA) is 86.8 Å². The average molecular weight is 853 g/mol. The SMILES string of the molecule is CCCN1COc2ccc(OC(=O)CCCCCCCCCC[Si](C)(C)O[Si](C)(C)CCCCCCCCCCC(=O)Oc3ccc4c(c3)CN(CCC)CO4)cc2C1. The number of unbranched alkanes of at least 4 members (excludes halogenated alkanes) is 14. The minimum absolute atomic E-state index is 0.138. The first-order valence-corrected chi connectivity index (χ1v) is 29.8. The minimum atomic E-state index is -1.64. The molecule has 0 atom stereocenters. The van der Waals surface area contributed by atoms with E-state index in [1.165, 1.54) is 89.1 Å². The third kappa shape index (κ3) is 19.7. The van der Waals surface area contributed by atoms with Crippen LogP contribution in [0.1, 0.15) is 153 Å². The Bertz CT molecular complexity index is 1430. The molecule has 0 N–H and O–H groups in total. The Hall–Kier alpha value is -2.71. The number of carbonyl (C=O) groups is 2. The van der Waals surface area contributed by atoms with Crippen molar-refractivity contribution >= 4 is 28.6 Å². The van der Waals surface area contributed by atoms with Crippen LogP contribution in [0.25, 0.3) is 0 Å². The van der Waals surface area contributed by atoms with Crippen LogP contribution in [-0.4, -0.2) is 64.9 Å². The Morgan fingerprint density at radius 1 is 0.542 bits per heavy atom. The van der Waals surface area contributed by atoms with Gasteiger partial charge in [-0.25, -0.2) is 0 Å². The molecule has 0 spiro atoms. The van der Waals surface area contributed by atoms with Crippen molar-refractivity contribution in [3.63, 3.8) is 0 Å². The van der Waals surface area contributed by atoms with Gasteiger partial charge in [0.15, 0.2) is 16.6 Å². The second kappa shape index (κ2) is 26.6. The first-order valence-electron chi connectivity index (χ1n) is 23.5. The second-order valence-electron chi connectivity index (χ2n) is 18.4. The van der Waals surface area contributed by atoms with Crippen molar-refractivity contribution in [3.8, 4) is 23.0 Å². The van der Waals surface area contributed by atoms with Crippen molar-refractivity contribution in [1.82, 2.24) is 9.80 Å². The van der Waals surface area contributed by atoms with E-state index in [1.807, 2.05) is 36.4 Å². The van der Waals surface area contributed by atoms with E-state index in [-0.39, 0.29) is 11.9 Å². The molecule has 0 radical (unpaired) electrons. The van der Waals surface area contributed by atoms with Gasteiger partial charge in [-0.2, -0.15) is 0 Å². The monoisotopic (exact) mass is 853 g/mol. The Morgan fingerprint density at radius 3 is 1.27 bits per heavy atom. The Labute approximate surface area is 360 Å². The van der Waals surface area contributed by atoms with Crippen molar-refractivity contribution in [2.75, 3.05) is 26.6 Å². The summed E-state index contributed by atoms with van der Waals surface area (Å²) in [5.74, 6) is 2.76. The van der Waals surface area contributed by atoms with E-state index in [2.05, 4.69) is 49.8 Å². The quantitative estimate of drug-likeness (QED) is 0.0330. The molecule has 0 bridgehead atoms. The van der Waals surface area contributed by atoms with E-state index in [0.717, 1.165) is 87.3 Å². The van der Waals surface area contributed by atoms with Gasteiger partial charge in [0, 0.05) is 50.1 Å². The van der Waals surface area contributed by atoms with E-state index < -0.39 is 16.6 Å². The summed E-state index contributed by atoms with van der Waals surface area (Å²) >= 11 is 0. The molecule has 0 saturated carbocycles. The first kappa shape index (κ1) is 49.0. The maximum absolute atomic E-state index is 12.5. The maximum atomic E-state index is 12.5. The lowest BCUT2D eigenvalue weighted by Crippen LogP contribution is -2.44. The standard InChI is InChI=1S/C48H80N2O7Si2/c1-7-31-49-37-41-35-43(27-29-45(41)53-39-49)55-47(51)25-21-17-13-9-11-15-19-23-33-58(3,4)57-59(5,6)34-24-20-16-12-10-14-18-22-26-48(52)56-44-28-30-46-42(36-44)38-50(32-8-2)40-54-46/h27-30,35-36H,7-26,31-34,37-40H2,1-6H3. The van der Waals surface area contributed by atoms with Crippen molar-refractivity contribution < 1.29 is 32.7 Å². The molecular weight excluding hydrogens is 773 g/mol. The molecule has 2 aromatic carbocycles. The summed E-state index contributed by atoms with van der Waals surface area (Å²) < 4.78 is 29.9. The molecule has 0 amide bonds. The van der Waals surface area contributed by atoms with E-state index in [1.54, 1.807) is 0 Å². The van der Waals surface area contributed by atoms with Gasteiger partial charge >= 0.3 is 11.9 Å². The molecular formula is C48H80N2O7Si2. The molecule has 0 aliphatic carbocycles. The van der Waals surface area contributed by atoms with Gasteiger partial charge in [0.25, 0.3) is 0 Å². The van der Waals surface area contributed by atoms with Crippen LogP contribution in [-0.2, 0) is 26.8 Å². The van der Waals surface area contributed by atoms with Crippen LogP contribution in [0.5, 0.6) is 23.0 Å². The summed E-state index contributed by atoms with van der Waals surface area (Å²) in [6.45, 7) is 19.0. The molecule has 0 unspecified atom stereocenters. The molecule has 2 aromatic rings. The number of hydrogen-bond acceptors (Lipinski definition) is 9. The Kier molecular flexibility index (Phi) is 22.1. The highest BCUT2D eigenvalue weighted by Crippen LogP contribution is 2.31. The van der Waals surface area contributed by atoms with Gasteiger partial charge in [-0.1, -0.05) is 104 Å². The van der Waals surface area contributed by atoms with Crippen LogP contribution >= 0.6 is 0 Å². The lowest BCUT2D eigenvalue weighted by atomic mass is 10.1. The smallest absolute Gasteiger partial charge is 0.311 e. The van der Waals surface area contributed by atoms with Crippen molar-refractivity contribution in [2.45, 2.75) is 194 Å². The predicted octanol–water partition coefficient (Wildman–Crippen LogP) is 12.8. The van der Waals surface area contributed by atoms with Crippen LogP contribution in [0.3, 0.4) is 0 Å². The number of rotatable bonds is 30. The van der Waals surface area contributed by atoms with Crippen molar-refractivity contribution in [1.29, 1.82) is 0 Å². The summed E-state index contributed by atoms with van der Waals surface area (Å²) in [5.41, 5.74) is 2.18. The third-order valence-electron chi connectivity index (χ3n) is 11.6. The van der Waals surface area contributed by atoms with Gasteiger partial charge in [-0.15, -0.1) is 0 Å². The summed E-state index contributed by atoms with van der Waals surface area (Å²) in [4.78, 5) is 29.4. The summed E-state index contributed by atoms with van der Waals surface area (Å²) in [7, 11) is -3.29. The summed E-state index contributed by atoms with van der Waals surface area (Å²) in [6.07, 6.45) is 22.2. The van der Waals surface area contributed by atoms with Crippen LogP contribution < -0.4 is 18.9 Å². The lowest BCUT2D eigenvalue weighted by molar-refractivity contribution is -0.135. The van der Waals surface area contributed by atoms with Gasteiger partial charge in [-0.05, 0) is 100 Å². The first-order chi connectivity index (χ1) is 28.4. The highest BCUT2D eigenvalue weighted by molar-refractivity contribution is 6.84. The molecule has 2 aliphatic rings. The number of nitrogens with zero attached hydrogens (tertiary/aromatic N) is 2. The molecule has 4 rings (SSSR count). The number of hydrogen-bond donors (Lipinski definition) is 0. The van der Waals surface area contributed by atoms with E-state index in [4.69, 9.17) is 23.1 Å². The van der Waals surface area contributed by atoms with E-state index >= 15 is 0 Å². The van der Waals surface area contributed by atoms with Gasteiger partial charge in [0.1, 0.15) is 36.5 Å². The number of ether oxygens (including phenoxy) is 4. The fraction of sp³-hybridized carbons (Fsp3) is 0.708. The highest BCUT2D eigenvalue weighted by atomic mass is 28.4. The van der Waals surface area contributed by atoms with Gasteiger partial charge < -0.3 is 23.1 Å². The number of fused-ring (bicyclic) bond motifs is 2. The van der Waals surface area contributed by atoms with Crippen molar-refractivity contribution in [2.24, 2.45) is 0 Å². The molecule has 2 heterocycles. The van der Waals surface area contributed by atoms with Gasteiger partial charge in [0.05, 0.1) is 0 Å². The zero-order valence-electron chi connectivity index (χ0n) is 38.0. The maximum Gasteiger partial charge on any atom is 0.311 e. The fourth-order valence-corrected chi connectivity index (χ4v) is 17.6. The normalized spacial score (nSPS) is 14.6. The largest absolute Gasteiger partial charge is 0.478 e. The Balaban J connectivity index is 0.922. The summed E-state index contributed by atoms with van der Waals surface area (Å²) in [5, 5.41) is 0. The van der Waals surface area contributed by atoms with Crippen LogP contribution in [0, 0.1) is 0 Å². The van der Waals surface area contributed by atoms with Gasteiger partial charge in [-0.3, -0.25) is 19.4 Å². The molecule has 0 fully saturated rings. The number of carbonyl (C=O) groups excluding carboxylic acids is 2. The molecule has 9 nitrogen and oxygen atoms in total. The fourth-order valence-electron chi connectivity index (χ4n) is 8.56. The molecule has 332 valence electrons. The average Bonchev–Trinajstić information content (AvgIpc) is 3.19. The van der Waals surface area contributed by atoms with Crippen LogP contribution in [0.2, 0.25) is 38.3 Å². The predicted molar refractivity (Wildman–Crippen MR) is 245 cm³/mol. The van der Waals surface area contributed by atoms with Gasteiger partial charge in [0.2, 0.25) is 0 Å². The Morgan fingerprint density at radius 2 is 0.898 bits per heavy atom. The third-order valence-corrected chi connectivity index (χ3v) is 19.1. The molecule has 2 aliphatic heterocycles. The molecule has 11 heteroatoms. The van der Waals surface area contributed by atoms with E-state index in [9.17, 15) is 9.59 Å². The van der Waals surface area contributed by atoms with Crippen LogP contribution in [0.4, 0.5) is 0 Å². The second-order valence-corrected chi connectivity index (χ2v) is 27.3. The minimum Gasteiger partial charge on any atom is -0.478 e.